The van der Waals surface area contributed by atoms with Crippen molar-refractivity contribution in [2.24, 2.45) is 16.7 Å². The number of hydrogen-bond donors (Lipinski definition) is 2. The molecule has 2 aliphatic heterocycles. The zero-order valence-corrected chi connectivity index (χ0v) is 15.7. The number of cyclic esters (lactones) is 1. The van der Waals surface area contributed by atoms with E-state index in [9.17, 15) is 24.6 Å². The van der Waals surface area contributed by atoms with Gasteiger partial charge in [-0.3, -0.25) is 9.59 Å². The third-order valence-electron chi connectivity index (χ3n) is 7.22. The molecular formula is C20H24O7. The number of aliphatic hydroxyl groups excluding tert-OH is 2. The van der Waals surface area contributed by atoms with Gasteiger partial charge in [-0.1, -0.05) is 12.5 Å². The van der Waals surface area contributed by atoms with Crippen molar-refractivity contribution in [3.05, 3.63) is 22.8 Å². The Morgan fingerprint density at radius 3 is 2.48 bits per heavy atom. The Labute approximate surface area is 157 Å². The highest BCUT2D eigenvalue weighted by Gasteiger charge is 2.69. The minimum atomic E-state index is -1.24. The smallest absolute Gasteiger partial charge is 0.333 e. The molecule has 0 amide bonds. The SMILES string of the molecule is CC1=C(CCC2=CC(=O)OC2O)[C@@]2(C)CCC(O)[C@]3(C)C(=O)OC(C1=O)[C@@H]32. The second-order valence-corrected chi connectivity index (χ2v) is 8.53. The summed E-state index contributed by atoms with van der Waals surface area (Å²) in [5.41, 5.74) is 0.392. The molecule has 0 aromatic rings. The van der Waals surface area contributed by atoms with Crippen LogP contribution in [0.5, 0.6) is 0 Å². The fourth-order valence-electron chi connectivity index (χ4n) is 5.70. The lowest BCUT2D eigenvalue weighted by Gasteiger charge is -2.53. The van der Waals surface area contributed by atoms with Crippen molar-refractivity contribution in [1.29, 1.82) is 0 Å². The van der Waals surface area contributed by atoms with E-state index in [1.54, 1.807) is 13.8 Å². The van der Waals surface area contributed by atoms with Crippen molar-refractivity contribution in [2.45, 2.75) is 65.0 Å². The average molecular weight is 376 g/mol. The molecule has 146 valence electrons. The first-order valence-corrected chi connectivity index (χ1v) is 9.33. The van der Waals surface area contributed by atoms with Gasteiger partial charge >= 0.3 is 11.9 Å². The van der Waals surface area contributed by atoms with E-state index in [0.717, 1.165) is 5.57 Å². The van der Waals surface area contributed by atoms with Crippen LogP contribution in [0.4, 0.5) is 0 Å². The number of allylic oxidation sites excluding steroid dienone is 1. The number of ether oxygens (including phenoxy) is 2. The van der Waals surface area contributed by atoms with Crippen molar-refractivity contribution in [2.75, 3.05) is 0 Å². The van der Waals surface area contributed by atoms with Gasteiger partial charge in [-0.25, -0.2) is 4.79 Å². The Morgan fingerprint density at radius 2 is 1.85 bits per heavy atom. The van der Waals surface area contributed by atoms with E-state index in [4.69, 9.17) is 9.47 Å². The van der Waals surface area contributed by atoms with Crippen LogP contribution in [-0.4, -0.2) is 46.4 Å². The lowest BCUT2D eigenvalue weighted by molar-refractivity contribution is -0.156. The lowest BCUT2D eigenvalue weighted by Crippen LogP contribution is -2.57. The zero-order valence-electron chi connectivity index (χ0n) is 15.7. The summed E-state index contributed by atoms with van der Waals surface area (Å²) in [5, 5.41) is 20.4. The Kier molecular flexibility index (Phi) is 3.92. The predicted octanol–water partition coefficient (Wildman–Crippen LogP) is 1.18. The normalized spacial score (nSPS) is 43.4. The number of Topliss-reactive ketones (excluding diaryl/α,β-unsaturated/α-hetero) is 1. The van der Waals surface area contributed by atoms with Crippen LogP contribution >= 0.6 is 0 Å². The Hall–Kier alpha value is -1.99. The maximum Gasteiger partial charge on any atom is 0.333 e. The molecule has 0 spiro atoms. The maximum absolute atomic E-state index is 12.9. The van der Waals surface area contributed by atoms with E-state index in [1.807, 2.05) is 6.92 Å². The van der Waals surface area contributed by atoms with Gasteiger partial charge in [0.25, 0.3) is 0 Å². The highest BCUT2D eigenvalue weighted by Crippen LogP contribution is 2.63. The van der Waals surface area contributed by atoms with Crippen LogP contribution in [0.2, 0.25) is 0 Å². The molecule has 2 fully saturated rings. The number of hydrogen-bond acceptors (Lipinski definition) is 7. The van der Waals surface area contributed by atoms with Gasteiger partial charge in [0, 0.05) is 17.6 Å². The molecule has 2 N–H and O–H groups in total. The van der Waals surface area contributed by atoms with Gasteiger partial charge in [0.2, 0.25) is 6.29 Å². The van der Waals surface area contributed by atoms with Gasteiger partial charge in [-0.15, -0.1) is 0 Å². The average Bonchev–Trinajstić information content (AvgIpc) is 3.07. The summed E-state index contributed by atoms with van der Waals surface area (Å²) in [6, 6.07) is 0. The van der Waals surface area contributed by atoms with Crippen LogP contribution < -0.4 is 0 Å². The molecule has 2 heterocycles. The largest absolute Gasteiger partial charge is 0.453 e. The molecule has 7 heteroatoms. The minimum absolute atomic E-state index is 0.216. The van der Waals surface area contributed by atoms with Crippen molar-refractivity contribution in [1.82, 2.24) is 0 Å². The second-order valence-electron chi connectivity index (χ2n) is 8.53. The summed E-state index contributed by atoms with van der Waals surface area (Å²) in [4.78, 5) is 36.8. The highest BCUT2D eigenvalue weighted by atomic mass is 16.6. The fourth-order valence-corrected chi connectivity index (χ4v) is 5.70. The summed E-state index contributed by atoms with van der Waals surface area (Å²) < 4.78 is 10.2. The first-order chi connectivity index (χ1) is 12.6. The molecule has 7 nitrogen and oxygen atoms in total. The summed E-state index contributed by atoms with van der Waals surface area (Å²) in [7, 11) is 0. The molecule has 4 aliphatic rings. The molecule has 1 saturated heterocycles. The predicted molar refractivity (Wildman–Crippen MR) is 91.9 cm³/mol. The second kappa shape index (κ2) is 5.75. The number of carbonyl (C=O) groups excluding carboxylic acids is 3. The number of aliphatic hydroxyl groups is 2. The van der Waals surface area contributed by atoms with Gasteiger partial charge in [0.15, 0.2) is 11.9 Å². The van der Waals surface area contributed by atoms with E-state index in [1.165, 1.54) is 6.08 Å². The first kappa shape index (κ1) is 18.4. The van der Waals surface area contributed by atoms with Gasteiger partial charge in [0.1, 0.15) is 0 Å². The Morgan fingerprint density at radius 1 is 1.15 bits per heavy atom. The zero-order chi connectivity index (χ0) is 19.7. The quantitative estimate of drug-likeness (QED) is 0.712. The first-order valence-electron chi connectivity index (χ1n) is 9.33. The van der Waals surface area contributed by atoms with Crippen LogP contribution in [-0.2, 0) is 23.9 Å². The maximum atomic E-state index is 12.9. The van der Waals surface area contributed by atoms with Crippen molar-refractivity contribution < 1.29 is 34.1 Å². The third-order valence-corrected chi connectivity index (χ3v) is 7.22. The summed E-state index contributed by atoms with van der Waals surface area (Å²) in [6.45, 7) is 5.47. The Balaban J connectivity index is 1.72. The summed E-state index contributed by atoms with van der Waals surface area (Å²) in [5.74, 6) is -1.72. The lowest BCUT2D eigenvalue weighted by atomic mass is 9.48. The highest BCUT2D eigenvalue weighted by molar-refractivity contribution is 6.04. The van der Waals surface area contributed by atoms with Crippen LogP contribution in [0.3, 0.4) is 0 Å². The van der Waals surface area contributed by atoms with E-state index in [2.05, 4.69) is 0 Å². The van der Waals surface area contributed by atoms with E-state index < -0.39 is 47.2 Å². The van der Waals surface area contributed by atoms with Crippen molar-refractivity contribution in [3.63, 3.8) is 0 Å². The van der Waals surface area contributed by atoms with Gasteiger partial charge < -0.3 is 19.7 Å². The van der Waals surface area contributed by atoms with E-state index >= 15 is 0 Å². The fraction of sp³-hybridized carbons (Fsp3) is 0.650. The van der Waals surface area contributed by atoms with Crippen LogP contribution in [0.25, 0.3) is 0 Å². The third kappa shape index (κ3) is 2.31. The van der Waals surface area contributed by atoms with E-state index in [0.29, 0.717) is 36.8 Å². The van der Waals surface area contributed by atoms with Crippen LogP contribution in [0, 0.1) is 16.7 Å². The molecule has 1 saturated carbocycles. The number of rotatable bonds is 3. The number of carbonyl (C=O) groups is 3. The van der Waals surface area contributed by atoms with Gasteiger partial charge in [0.05, 0.1) is 11.5 Å². The monoisotopic (exact) mass is 376 g/mol. The number of esters is 2. The van der Waals surface area contributed by atoms with Crippen LogP contribution in [0.15, 0.2) is 22.8 Å². The molecule has 27 heavy (non-hydrogen) atoms. The molecule has 4 rings (SSSR count). The topological polar surface area (TPSA) is 110 Å². The van der Waals surface area contributed by atoms with Gasteiger partial charge in [-0.05, 0) is 50.5 Å². The molecule has 3 unspecified atom stereocenters. The molecule has 0 radical (unpaired) electrons. The number of ketones is 1. The summed E-state index contributed by atoms with van der Waals surface area (Å²) in [6.07, 6.45) is 0.284. The molecule has 2 aliphatic carbocycles. The molecular weight excluding hydrogens is 352 g/mol. The standard InChI is InChI=1S/C20H24O7/c1-9-11(5-4-10-8-13(22)26-17(10)24)19(2)7-6-12(21)20(3)16(19)15(14(9)23)27-18(20)25/h8,12,15-17,21,24H,4-7H2,1-3H3/t12?,15?,16-,17?,19-,20+/m1/s1. The van der Waals surface area contributed by atoms with Crippen molar-refractivity contribution in [3.8, 4) is 0 Å². The Bertz CT molecular complexity index is 809. The molecule has 0 bridgehead atoms. The molecule has 0 aromatic carbocycles. The van der Waals surface area contributed by atoms with Crippen molar-refractivity contribution >= 4 is 17.7 Å². The summed E-state index contributed by atoms with van der Waals surface area (Å²) >= 11 is 0. The van der Waals surface area contributed by atoms with Gasteiger partial charge in [-0.2, -0.15) is 0 Å². The van der Waals surface area contributed by atoms with E-state index in [-0.39, 0.29) is 5.78 Å². The van der Waals surface area contributed by atoms with Crippen LogP contribution in [0.1, 0.15) is 46.5 Å². The molecule has 0 aromatic heterocycles. The minimum Gasteiger partial charge on any atom is -0.453 e. The molecule has 6 atom stereocenters.